The number of hydrogen-bond donors (Lipinski definition) is 0. The van der Waals surface area contributed by atoms with Crippen molar-refractivity contribution in [3.05, 3.63) is 48.0 Å². The maximum atomic E-state index is 12.3. The van der Waals surface area contributed by atoms with Gasteiger partial charge in [0.2, 0.25) is 0 Å². The quantitative estimate of drug-likeness (QED) is 0.756. The highest BCUT2D eigenvalue weighted by Gasteiger charge is 2.32. The van der Waals surface area contributed by atoms with Crippen molar-refractivity contribution in [3.63, 3.8) is 0 Å². The van der Waals surface area contributed by atoms with E-state index in [9.17, 15) is 18.0 Å². The van der Waals surface area contributed by atoms with Gasteiger partial charge in [-0.05, 0) is 18.2 Å². The molecule has 3 nitrogen and oxygen atoms in total. The van der Waals surface area contributed by atoms with Crippen LogP contribution in [-0.2, 0) is 6.18 Å². The lowest BCUT2D eigenvalue weighted by atomic mass is 10.3. The van der Waals surface area contributed by atoms with Crippen molar-refractivity contribution in [1.82, 2.24) is 9.55 Å². The first-order chi connectivity index (χ1) is 8.00. The van der Waals surface area contributed by atoms with Crippen LogP contribution in [0.3, 0.4) is 0 Å². The number of hydrogen-bond acceptors (Lipinski definition) is 2. The maximum absolute atomic E-state index is 12.3. The first kappa shape index (κ1) is 11.4. The monoisotopic (exact) mass is 240 g/mol. The number of aromatic nitrogens is 2. The summed E-state index contributed by atoms with van der Waals surface area (Å²) in [6.45, 7) is 0. The van der Waals surface area contributed by atoms with Crippen molar-refractivity contribution in [2.45, 2.75) is 6.18 Å². The molecule has 0 aliphatic carbocycles. The molecular formula is C11H7F3N2O. The standard InChI is InChI=1S/C11H7F3N2O/c12-11(13,14)10-2-1-9(5-15-10)16-4-3-8(6-16)7-17/h1-7H. The molecule has 0 bridgehead atoms. The Morgan fingerprint density at radius 3 is 2.47 bits per heavy atom. The molecule has 0 saturated heterocycles. The van der Waals surface area contributed by atoms with Gasteiger partial charge in [-0.15, -0.1) is 0 Å². The first-order valence-corrected chi connectivity index (χ1v) is 4.67. The Bertz CT molecular complexity index is 528. The summed E-state index contributed by atoms with van der Waals surface area (Å²) in [4.78, 5) is 13.8. The average molecular weight is 240 g/mol. The van der Waals surface area contributed by atoms with E-state index in [0.717, 1.165) is 12.3 Å². The van der Waals surface area contributed by atoms with Gasteiger partial charge < -0.3 is 4.57 Å². The smallest absolute Gasteiger partial charge is 0.322 e. The van der Waals surface area contributed by atoms with E-state index in [1.165, 1.54) is 16.8 Å². The zero-order valence-electron chi connectivity index (χ0n) is 8.48. The molecule has 0 saturated carbocycles. The van der Waals surface area contributed by atoms with E-state index in [4.69, 9.17) is 0 Å². The molecular weight excluding hydrogens is 233 g/mol. The molecule has 0 amide bonds. The van der Waals surface area contributed by atoms with E-state index < -0.39 is 11.9 Å². The molecule has 17 heavy (non-hydrogen) atoms. The fourth-order valence-electron chi connectivity index (χ4n) is 1.35. The Morgan fingerprint density at radius 2 is 2.00 bits per heavy atom. The van der Waals surface area contributed by atoms with Crippen LogP contribution < -0.4 is 0 Å². The third-order valence-corrected chi connectivity index (χ3v) is 2.19. The summed E-state index contributed by atoms with van der Waals surface area (Å²) in [5, 5.41) is 0. The number of carbonyl (C=O) groups excluding carboxylic acids is 1. The second-order valence-corrected chi connectivity index (χ2v) is 3.37. The summed E-state index contributed by atoms with van der Waals surface area (Å²) >= 11 is 0. The highest BCUT2D eigenvalue weighted by Crippen LogP contribution is 2.27. The molecule has 0 unspecified atom stereocenters. The molecule has 0 atom stereocenters. The van der Waals surface area contributed by atoms with Crippen LogP contribution in [-0.4, -0.2) is 15.8 Å². The Morgan fingerprint density at radius 1 is 1.24 bits per heavy atom. The molecule has 0 aromatic carbocycles. The summed E-state index contributed by atoms with van der Waals surface area (Å²) < 4.78 is 38.3. The largest absolute Gasteiger partial charge is 0.433 e. The number of carbonyl (C=O) groups is 1. The zero-order valence-corrected chi connectivity index (χ0v) is 8.48. The maximum Gasteiger partial charge on any atom is 0.433 e. The Labute approximate surface area is 94.5 Å². The van der Waals surface area contributed by atoms with Gasteiger partial charge in [-0.25, -0.2) is 4.98 Å². The van der Waals surface area contributed by atoms with Crippen molar-refractivity contribution in [1.29, 1.82) is 0 Å². The summed E-state index contributed by atoms with van der Waals surface area (Å²) in [5.41, 5.74) is -0.0278. The van der Waals surface area contributed by atoms with Gasteiger partial charge in [0.25, 0.3) is 0 Å². The van der Waals surface area contributed by atoms with Crippen molar-refractivity contribution < 1.29 is 18.0 Å². The van der Waals surface area contributed by atoms with Crippen LogP contribution in [0.4, 0.5) is 13.2 Å². The Balaban J connectivity index is 2.32. The van der Waals surface area contributed by atoms with Crippen LogP contribution in [0.2, 0.25) is 0 Å². The molecule has 0 N–H and O–H groups in total. The molecule has 6 heteroatoms. The van der Waals surface area contributed by atoms with Crippen molar-refractivity contribution in [3.8, 4) is 5.69 Å². The molecule has 2 aromatic heterocycles. The minimum Gasteiger partial charge on any atom is -0.322 e. The SMILES string of the molecule is O=Cc1ccn(-c2ccc(C(F)(F)F)nc2)c1. The molecule has 0 radical (unpaired) electrons. The van der Waals surface area contributed by atoms with Crippen LogP contribution >= 0.6 is 0 Å². The van der Waals surface area contributed by atoms with Gasteiger partial charge in [0.15, 0.2) is 6.29 Å². The molecule has 88 valence electrons. The molecule has 2 aromatic rings. The van der Waals surface area contributed by atoms with Crippen molar-refractivity contribution in [2.24, 2.45) is 0 Å². The van der Waals surface area contributed by atoms with Gasteiger partial charge in [0.05, 0.1) is 11.9 Å². The molecule has 2 heterocycles. The van der Waals surface area contributed by atoms with E-state index in [1.807, 2.05) is 0 Å². The van der Waals surface area contributed by atoms with Gasteiger partial charge in [0, 0.05) is 18.0 Å². The van der Waals surface area contributed by atoms with Crippen LogP contribution in [0, 0.1) is 0 Å². The molecule has 0 aliphatic rings. The average Bonchev–Trinajstić information content (AvgIpc) is 2.76. The molecule has 0 aliphatic heterocycles. The van der Waals surface area contributed by atoms with Crippen molar-refractivity contribution in [2.75, 3.05) is 0 Å². The number of alkyl halides is 3. The number of nitrogens with zero attached hydrogens (tertiary/aromatic N) is 2. The second-order valence-electron chi connectivity index (χ2n) is 3.37. The third kappa shape index (κ3) is 2.35. The lowest BCUT2D eigenvalue weighted by Crippen LogP contribution is -2.07. The predicted octanol–water partition coefficient (Wildman–Crippen LogP) is 2.70. The minimum atomic E-state index is -4.44. The summed E-state index contributed by atoms with van der Waals surface area (Å²) in [6.07, 6.45) is 0.417. The van der Waals surface area contributed by atoms with E-state index in [2.05, 4.69) is 4.98 Å². The Kier molecular flexibility index (Phi) is 2.71. The number of halogens is 3. The first-order valence-electron chi connectivity index (χ1n) is 4.67. The van der Waals surface area contributed by atoms with Gasteiger partial charge in [-0.3, -0.25) is 4.79 Å². The van der Waals surface area contributed by atoms with Crippen LogP contribution in [0.15, 0.2) is 36.8 Å². The second kappa shape index (κ2) is 4.04. The summed E-state index contributed by atoms with van der Waals surface area (Å²) in [6, 6.07) is 3.75. The van der Waals surface area contributed by atoms with Gasteiger partial charge >= 0.3 is 6.18 Å². The number of rotatable bonds is 2. The lowest BCUT2D eigenvalue weighted by molar-refractivity contribution is -0.141. The molecule has 0 spiro atoms. The van der Waals surface area contributed by atoms with E-state index in [-0.39, 0.29) is 0 Å². The van der Waals surface area contributed by atoms with Crippen molar-refractivity contribution >= 4 is 6.29 Å². The highest BCUT2D eigenvalue weighted by molar-refractivity contribution is 5.74. The lowest BCUT2D eigenvalue weighted by Gasteiger charge is -2.06. The summed E-state index contributed by atoms with van der Waals surface area (Å²) in [5.74, 6) is 0. The fraction of sp³-hybridized carbons (Fsp3) is 0.0909. The molecule has 0 fully saturated rings. The van der Waals surface area contributed by atoms with Gasteiger partial charge in [-0.1, -0.05) is 0 Å². The highest BCUT2D eigenvalue weighted by atomic mass is 19.4. The zero-order chi connectivity index (χ0) is 12.5. The van der Waals surface area contributed by atoms with E-state index in [1.54, 1.807) is 12.3 Å². The van der Waals surface area contributed by atoms with E-state index >= 15 is 0 Å². The van der Waals surface area contributed by atoms with E-state index in [0.29, 0.717) is 17.5 Å². The predicted molar refractivity (Wildman–Crippen MR) is 54.0 cm³/mol. The topological polar surface area (TPSA) is 34.9 Å². The Hall–Kier alpha value is -2.11. The number of pyridine rings is 1. The third-order valence-electron chi connectivity index (χ3n) is 2.19. The summed E-state index contributed by atoms with van der Waals surface area (Å²) in [7, 11) is 0. The van der Waals surface area contributed by atoms with Gasteiger partial charge in [0.1, 0.15) is 5.69 Å². The minimum absolute atomic E-state index is 0.449. The number of aldehydes is 1. The van der Waals surface area contributed by atoms with Crippen LogP contribution in [0.5, 0.6) is 0 Å². The normalized spacial score (nSPS) is 11.5. The van der Waals surface area contributed by atoms with Crippen LogP contribution in [0.25, 0.3) is 5.69 Å². The fourth-order valence-corrected chi connectivity index (χ4v) is 1.35. The molecule has 2 rings (SSSR count). The van der Waals surface area contributed by atoms with Gasteiger partial charge in [-0.2, -0.15) is 13.2 Å². The van der Waals surface area contributed by atoms with Crippen LogP contribution in [0.1, 0.15) is 16.1 Å².